The van der Waals surface area contributed by atoms with Crippen molar-refractivity contribution in [1.82, 2.24) is 9.97 Å². The Balaban J connectivity index is 0.000000983. The zero-order valence-electron chi connectivity index (χ0n) is 21.9. The molecule has 39 heavy (non-hydrogen) atoms. The number of anilines is 3. The molecule has 1 aromatic carbocycles. The van der Waals surface area contributed by atoms with Gasteiger partial charge in [-0.05, 0) is 37.3 Å². The predicted molar refractivity (Wildman–Crippen MR) is 147 cm³/mol. The third-order valence-electron chi connectivity index (χ3n) is 8.00. The summed E-state index contributed by atoms with van der Waals surface area (Å²) in [4.78, 5) is 34.2. The number of carbonyl (C=O) groups excluding carboxylic acids is 1. The second-order valence-corrected chi connectivity index (χ2v) is 12.2. The van der Waals surface area contributed by atoms with Crippen LogP contribution in [-0.4, -0.2) is 62.3 Å². The minimum absolute atomic E-state index is 0.0644. The molecule has 6 rings (SSSR count). The van der Waals surface area contributed by atoms with Crippen LogP contribution in [-0.2, 0) is 25.0 Å². The van der Waals surface area contributed by atoms with Crippen molar-refractivity contribution in [3.05, 3.63) is 42.0 Å². The second kappa shape index (κ2) is 9.74. The van der Waals surface area contributed by atoms with Crippen LogP contribution in [0.2, 0.25) is 0 Å². The maximum atomic E-state index is 15.4. The van der Waals surface area contributed by atoms with E-state index in [1.165, 1.54) is 6.07 Å². The molecular formula is C27H30FN5O5S. The highest BCUT2D eigenvalue weighted by Crippen LogP contribution is 2.55. The molecule has 1 saturated carbocycles. The molecule has 1 saturated heterocycles. The summed E-state index contributed by atoms with van der Waals surface area (Å²) in [5.41, 5.74) is 2.67. The third kappa shape index (κ3) is 4.46. The van der Waals surface area contributed by atoms with Crippen LogP contribution in [0.25, 0.3) is 22.0 Å². The van der Waals surface area contributed by atoms with Crippen LogP contribution >= 0.6 is 0 Å². The number of amides is 1. The molecule has 2 aliphatic heterocycles. The quantitative estimate of drug-likeness (QED) is 0.455. The van der Waals surface area contributed by atoms with Crippen molar-refractivity contribution in [3.63, 3.8) is 0 Å². The van der Waals surface area contributed by atoms with E-state index >= 15 is 4.39 Å². The summed E-state index contributed by atoms with van der Waals surface area (Å²) in [6.07, 6.45) is 7.87. The highest BCUT2D eigenvalue weighted by molar-refractivity contribution is 7.92. The summed E-state index contributed by atoms with van der Waals surface area (Å²) < 4.78 is 42.2. The monoisotopic (exact) mass is 555 g/mol. The van der Waals surface area contributed by atoms with E-state index in [0.29, 0.717) is 34.1 Å². The van der Waals surface area contributed by atoms with Crippen LogP contribution in [0.1, 0.15) is 38.2 Å². The molecule has 12 heteroatoms. The van der Waals surface area contributed by atoms with Crippen LogP contribution in [0.3, 0.4) is 0 Å². The van der Waals surface area contributed by atoms with E-state index in [-0.39, 0.29) is 12.4 Å². The Bertz CT molecular complexity index is 1590. The number of rotatable bonds is 5. The number of hydrogen-bond donors (Lipinski definition) is 2. The van der Waals surface area contributed by atoms with Crippen LogP contribution < -0.4 is 14.5 Å². The van der Waals surface area contributed by atoms with Crippen molar-refractivity contribution in [2.45, 2.75) is 38.0 Å². The highest BCUT2D eigenvalue weighted by atomic mass is 32.2. The van der Waals surface area contributed by atoms with Gasteiger partial charge in [0.25, 0.3) is 6.47 Å². The lowest BCUT2D eigenvalue weighted by molar-refractivity contribution is -0.125. The van der Waals surface area contributed by atoms with Gasteiger partial charge in [0.2, 0.25) is 15.9 Å². The third-order valence-corrected chi connectivity index (χ3v) is 8.60. The van der Waals surface area contributed by atoms with E-state index in [2.05, 4.69) is 21.6 Å². The topological polar surface area (TPSA) is 133 Å². The molecule has 0 bridgehead atoms. The summed E-state index contributed by atoms with van der Waals surface area (Å²) in [5, 5.41) is 7.64. The molecule has 0 atom stereocenters. The van der Waals surface area contributed by atoms with Crippen molar-refractivity contribution in [1.29, 1.82) is 0 Å². The number of fused-ring (bicyclic) bond motifs is 4. The van der Waals surface area contributed by atoms with Gasteiger partial charge in [0, 0.05) is 54.5 Å². The maximum Gasteiger partial charge on any atom is 0.290 e. The SMILES string of the molecule is CCC1CN(c2ncc(-c3cc4c5c(cnc4cc3F)N(C)C(=O)C53CCC3)cc2NS(C)(=O)=O)C1.O=CO. The Morgan fingerprint density at radius 1 is 1.21 bits per heavy atom. The van der Waals surface area contributed by atoms with E-state index in [4.69, 9.17) is 9.90 Å². The Labute approximate surface area is 225 Å². The molecule has 2 N–H and O–H groups in total. The highest BCUT2D eigenvalue weighted by Gasteiger charge is 2.54. The average molecular weight is 556 g/mol. The molecule has 1 aliphatic carbocycles. The lowest BCUT2D eigenvalue weighted by Crippen LogP contribution is -2.47. The zero-order valence-corrected chi connectivity index (χ0v) is 22.8. The zero-order chi connectivity index (χ0) is 28.1. The summed E-state index contributed by atoms with van der Waals surface area (Å²) in [7, 11) is -1.81. The van der Waals surface area contributed by atoms with E-state index in [0.717, 1.165) is 61.7 Å². The Morgan fingerprint density at radius 3 is 2.49 bits per heavy atom. The van der Waals surface area contributed by atoms with Crippen LogP contribution in [0, 0.1) is 11.7 Å². The molecule has 3 aliphatic rings. The number of aromatic nitrogens is 2. The first-order valence-electron chi connectivity index (χ1n) is 12.7. The van der Waals surface area contributed by atoms with Gasteiger partial charge in [-0.3, -0.25) is 19.3 Å². The van der Waals surface area contributed by atoms with Gasteiger partial charge in [0.15, 0.2) is 5.82 Å². The molecule has 10 nitrogen and oxygen atoms in total. The molecule has 2 aromatic heterocycles. The smallest absolute Gasteiger partial charge is 0.290 e. The van der Waals surface area contributed by atoms with E-state index < -0.39 is 21.3 Å². The average Bonchev–Trinajstić information content (AvgIpc) is 3.05. The van der Waals surface area contributed by atoms with Crippen molar-refractivity contribution >= 4 is 50.5 Å². The van der Waals surface area contributed by atoms with Crippen molar-refractivity contribution in [2.75, 3.05) is 40.9 Å². The number of sulfonamides is 1. The van der Waals surface area contributed by atoms with Crippen molar-refractivity contribution in [3.8, 4) is 11.1 Å². The van der Waals surface area contributed by atoms with Gasteiger partial charge in [-0.2, -0.15) is 0 Å². The molecule has 3 aromatic rings. The molecule has 2 fully saturated rings. The van der Waals surface area contributed by atoms with Crippen LogP contribution in [0.5, 0.6) is 0 Å². The maximum absolute atomic E-state index is 15.4. The van der Waals surface area contributed by atoms with Gasteiger partial charge >= 0.3 is 0 Å². The lowest BCUT2D eigenvalue weighted by atomic mass is 9.64. The summed E-state index contributed by atoms with van der Waals surface area (Å²) >= 11 is 0. The molecule has 1 amide bonds. The van der Waals surface area contributed by atoms with E-state index in [9.17, 15) is 13.2 Å². The first kappa shape index (κ1) is 26.8. The van der Waals surface area contributed by atoms with E-state index in [1.54, 1.807) is 36.5 Å². The standard InChI is InChI=1S/C26H28FN5O3S.CH2O2/c1-4-15-13-32(14-15)24-21(30-36(3,34)35)8-16(11-29-24)17-9-18-20(10-19(17)27)28-12-22-23(18)26(6-5-7-26)25(33)31(22)2;2-1-3/h8-12,15,30H,4-7,13-14H2,1-3H3;1H,(H,2,3). The molecular weight excluding hydrogens is 525 g/mol. The van der Waals surface area contributed by atoms with Crippen molar-refractivity contribution < 1.29 is 27.5 Å². The van der Waals surface area contributed by atoms with Gasteiger partial charge in [-0.1, -0.05) is 13.3 Å². The molecule has 4 heterocycles. The van der Waals surface area contributed by atoms with Crippen LogP contribution in [0.4, 0.5) is 21.6 Å². The molecule has 0 radical (unpaired) electrons. The number of nitrogens with zero attached hydrogens (tertiary/aromatic N) is 4. The van der Waals surface area contributed by atoms with Gasteiger partial charge in [-0.25, -0.2) is 17.8 Å². The minimum atomic E-state index is -3.58. The van der Waals surface area contributed by atoms with Crippen LogP contribution in [0.15, 0.2) is 30.6 Å². The minimum Gasteiger partial charge on any atom is -0.483 e. The number of carbonyl (C=O) groups is 2. The number of hydrogen-bond acceptors (Lipinski definition) is 7. The Kier molecular flexibility index (Phi) is 6.69. The number of halogens is 1. The van der Waals surface area contributed by atoms with Gasteiger partial charge < -0.3 is 14.9 Å². The largest absolute Gasteiger partial charge is 0.483 e. The first-order chi connectivity index (χ1) is 18.5. The van der Waals surface area contributed by atoms with Gasteiger partial charge in [-0.15, -0.1) is 0 Å². The molecule has 0 unspecified atom stereocenters. The number of carboxylic acid groups (broad SMARTS) is 1. The fourth-order valence-corrected chi connectivity index (χ4v) is 6.40. The lowest BCUT2D eigenvalue weighted by Gasteiger charge is -2.40. The predicted octanol–water partition coefficient (Wildman–Crippen LogP) is 3.75. The summed E-state index contributed by atoms with van der Waals surface area (Å²) in [6, 6.07) is 4.76. The van der Waals surface area contributed by atoms with E-state index in [1.807, 2.05) is 4.90 Å². The first-order valence-corrected chi connectivity index (χ1v) is 14.6. The normalized spacial score (nSPS) is 17.8. The summed E-state index contributed by atoms with van der Waals surface area (Å²) in [6.45, 7) is 3.47. The van der Waals surface area contributed by atoms with Crippen molar-refractivity contribution in [2.24, 2.45) is 5.92 Å². The van der Waals surface area contributed by atoms with Gasteiger partial charge in [0.1, 0.15) is 5.82 Å². The molecule has 206 valence electrons. The fraction of sp³-hybridized carbons (Fsp3) is 0.407. The summed E-state index contributed by atoms with van der Waals surface area (Å²) in [5.74, 6) is 0.669. The number of benzene rings is 1. The Hall–Kier alpha value is -3.80. The second-order valence-electron chi connectivity index (χ2n) is 10.4. The number of pyridine rings is 2. The number of nitrogens with one attached hydrogen (secondary N) is 1. The Morgan fingerprint density at radius 2 is 1.90 bits per heavy atom. The van der Waals surface area contributed by atoms with Gasteiger partial charge in [0.05, 0.1) is 34.8 Å². The molecule has 1 spiro atoms. The fourth-order valence-electron chi connectivity index (χ4n) is 5.85. The number of likely N-dealkylation sites (N-methyl/N-ethyl adjacent to an activating group) is 1.